The Morgan fingerprint density at radius 1 is 1.15 bits per heavy atom. The van der Waals surface area contributed by atoms with Crippen molar-refractivity contribution in [1.29, 1.82) is 0 Å². The van der Waals surface area contributed by atoms with Gasteiger partial charge in [-0.25, -0.2) is 4.39 Å². The Morgan fingerprint density at radius 3 is 2.88 bits per heavy atom. The summed E-state index contributed by atoms with van der Waals surface area (Å²) in [6.45, 7) is 3.27. The summed E-state index contributed by atoms with van der Waals surface area (Å²) < 4.78 is 15.3. The van der Waals surface area contributed by atoms with Crippen molar-refractivity contribution in [3.05, 3.63) is 58.3 Å². The molecule has 11 heteroatoms. The van der Waals surface area contributed by atoms with Gasteiger partial charge >= 0.3 is 0 Å². The van der Waals surface area contributed by atoms with Gasteiger partial charge in [-0.3, -0.25) is 14.5 Å². The number of β-amino-alcohol motifs (C(OH)–C–C–N with tert-alkyl or cyclic N) is 1. The summed E-state index contributed by atoms with van der Waals surface area (Å²) in [5, 5.41) is 26.6. The van der Waals surface area contributed by atoms with E-state index >= 15 is 0 Å². The maximum atomic E-state index is 13.7. The standard InChI is InChI=1S/C23H25FN6O3S/c24-16-3-1-14-2-4-22(33)30(19(14)7-16)6-5-29-11-15(20(31)12-29)9-25-10-17-8-18-23(28-27-17)34-13-21(32)26-18/h1-4,7-8,15,20,25,31H,5-6,9-13H2,(H,26,32)/t15-,20?/m0/s1. The predicted molar refractivity (Wildman–Crippen MR) is 127 cm³/mol. The van der Waals surface area contributed by atoms with E-state index in [1.807, 2.05) is 6.07 Å². The van der Waals surface area contributed by atoms with Crippen LogP contribution >= 0.6 is 11.8 Å². The molecule has 1 saturated heterocycles. The van der Waals surface area contributed by atoms with Crippen LogP contribution in [0.15, 0.2) is 46.2 Å². The van der Waals surface area contributed by atoms with Crippen LogP contribution in [0.1, 0.15) is 5.69 Å². The van der Waals surface area contributed by atoms with E-state index in [1.165, 1.54) is 30.0 Å². The number of nitrogens with zero attached hydrogens (tertiary/aromatic N) is 4. The van der Waals surface area contributed by atoms with Crippen LogP contribution in [0, 0.1) is 11.7 Å². The second-order valence-electron chi connectivity index (χ2n) is 8.64. The molecule has 2 aliphatic rings. The van der Waals surface area contributed by atoms with Crippen LogP contribution in [-0.2, 0) is 17.9 Å². The Labute approximate surface area is 199 Å². The van der Waals surface area contributed by atoms with E-state index in [1.54, 1.807) is 16.7 Å². The van der Waals surface area contributed by atoms with Gasteiger partial charge in [0, 0.05) is 51.3 Å². The van der Waals surface area contributed by atoms with Gasteiger partial charge in [0.2, 0.25) is 5.91 Å². The number of benzene rings is 1. The van der Waals surface area contributed by atoms with Gasteiger partial charge in [-0.2, -0.15) is 5.10 Å². The number of amides is 1. The smallest absolute Gasteiger partial charge is 0.251 e. The fourth-order valence-electron chi connectivity index (χ4n) is 4.47. The molecule has 2 atom stereocenters. The highest BCUT2D eigenvalue weighted by atomic mass is 32.2. The maximum absolute atomic E-state index is 13.7. The normalized spacial score (nSPS) is 20.5. The van der Waals surface area contributed by atoms with Gasteiger partial charge in [0.1, 0.15) is 10.8 Å². The van der Waals surface area contributed by atoms with Crippen LogP contribution in [0.5, 0.6) is 0 Å². The molecule has 2 aromatic heterocycles. The lowest BCUT2D eigenvalue weighted by Crippen LogP contribution is -2.31. The van der Waals surface area contributed by atoms with Crippen molar-refractivity contribution < 1.29 is 14.3 Å². The lowest BCUT2D eigenvalue weighted by molar-refractivity contribution is -0.113. The lowest BCUT2D eigenvalue weighted by Gasteiger charge is -2.18. The van der Waals surface area contributed by atoms with Crippen molar-refractivity contribution >= 4 is 34.3 Å². The number of carbonyl (C=O) groups excluding carboxylic acids is 1. The molecule has 0 spiro atoms. The fraction of sp³-hybridized carbons (Fsp3) is 0.391. The Balaban J connectivity index is 1.15. The Hall–Kier alpha value is -2.86. The molecule has 0 radical (unpaired) electrons. The molecule has 0 saturated carbocycles. The first-order chi connectivity index (χ1) is 16.5. The minimum atomic E-state index is -0.487. The van der Waals surface area contributed by atoms with E-state index in [9.17, 15) is 19.1 Å². The molecule has 3 aromatic rings. The van der Waals surface area contributed by atoms with E-state index in [4.69, 9.17) is 0 Å². The summed E-state index contributed by atoms with van der Waals surface area (Å²) >= 11 is 1.37. The number of hydrogen-bond acceptors (Lipinski definition) is 8. The van der Waals surface area contributed by atoms with Crippen LogP contribution in [0.4, 0.5) is 10.1 Å². The Morgan fingerprint density at radius 2 is 2.00 bits per heavy atom. The quantitative estimate of drug-likeness (QED) is 0.457. The number of likely N-dealkylation sites (tertiary alicyclic amines) is 1. The predicted octanol–water partition coefficient (Wildman–Crippen LogP) is 1.06. The van der Waals surface area contributed by atoms with Gasteiger partial charge in [-0.1, -0.05) is 11.8 Å². The van der Waals surface area contributed by atoms with Crippen molar-refractivity contribution in [2.75, 3.05) is 37.2 Å². The zero-order valence-corrected chi connectivity index (χ0v) is 19.2. The molecule has 3 N–H and O–H groups in total. The van der Waals surface area contributed by atoms with Crippen LogP contribution in [0.3, 0.4) is 0 Å². The summed E-state index contributed by atoms with van der Waals surface area (Å²) in [5.74, 6) is -0.0437. The van der Waals surface area contributed by atoms with Gasteiger partial charge in [0.15, 0.2) is 0 Å². The third-order valence-electron chi connectivity index (χ3n) is 6.21. The number of aliphatic hydroxyl groups is 1. The molecule has 178 valence electrons. The van der Waals surface area contributed by atoms with Gasteiger partial charge in [0.25, 0.3) is 5.56 Å². The number of nitrogens with one attached hydrogen (secondary N) is 2. The first-order valence-electron chi connectivity index (χ1n) is 11.2. The number of hydrogen-bond donors (Lipinski definition) is 3. The molecule has 2 aliphatic heterocycles. The van der Waals surface area contributed by atoms with E-state index in [2.05, 4.69) is 25.7 Å². The zero-order chi connectivity index (χ0) is 23.7. The topological polar surface area (TPSA) is 112 Å². The summed E-state index contributed by atoms with van der Waals surface area (Å²) in [6.07, 6.45) is -0.487. The highest BCUT2D eigenvalue weighted by Crippen LogP contribution is 2.28. The van der Waals surface area contributed by atoms with Crippen LogP contribution in [-0.4, -0.2) is 68.7 Å². The number of aromatic nitrogens is 3. The van der Waals surface area contributed by atoms with E-state index < -0.39 is 6.10 Å². The molecule has 1 unspecified atom stereocenters. The van der Waals surface area contributed by atoms with E-state index in [0.29, 0.717) is 61.9 Å². The monoisotopic (exact) mass is 484 g/mol. The van der Waals surface area contributed by atoms with Gasteiger partial charge < -0.3 is 20.3 Å². The summed E-state index contributed by atoms with van der Waals surface area (Å²) in [4.78, 5) is 26.1. The maximum Gasteiger partial charge on any atom is 0.251 e. The van der Waals surface area contributed by atoms with Gasteiger partial charge in [-0.05, 0) is 35.7 Å². The average molecular weight is 485 g/mol. The number of fused-ring (bicyclic) bond motifs is 2. The molecular weight excluding hydrogens is 459 g/mol. The molecule has 0 aliphatic carbocycles. The van der Waals surface area contributed by atoms with Gasteiger partial charge in [-0.15, -0.1) is 5.10 Å². The van der Waals surface area contributed by atoms with Crippen molar-refractivity contribution in [1.82, 2.24) is 25.0 Å². The van der Waals surface area contributed by atoms with Crippen molar-refractivity contribution in [2.24, 2.45) is 5.92 Å². The van der Waals surface area contributed by atoms with E-state index in [-0.39, 0.29) is 23.2 Å². The number of carbonyl (C=O) groups is 1. The molecule has 34 heavy (non-hydrogen) atoms. The lowest BCUT2D eigenvalue weighted by atomic mass is 10.1. The van der Waals surface area contributed by atoms with Gasteiger partial charge in [0.05, 0.1) is 28.8 Å². The highest BCUT2D eigenvalue weighted by molar-refractivity contribution is 8.00. The first-order valence-corrected chi connectivity index (χ1v) is 12.1. The molecule has 1 amide bonds. The van der Waals surface area contributed by atoms with Crippen LogP contribution in [0.2, 0.25) is 0 Å². The van der Waals surface area contributed by atoms with E-state index in [0.717, 1.165) is 10.4 Å². The first kappa shape index (κ1) is 22.9. The summed E-state index contributed by atoms with van der Waals surface area (Å²) in [7, 11) is 0. The second-order valence-corrected chi connectivity index (χ2v) is 9.60. The number of thioether (sulfide) groups is 1. The second kappa shape index (κ2) is 9.79. The number of halogens is 1. The highest BCUT2D eigenvalue weighted by Gasteiger charge is 2.30. The third kappa shape index (κ3) is 4.97. The average Bonchev–Trinajstić information content (AvgIpc) is 3.17. The summed E-state index contributed by atoms with van der Waals surface area (Å²) in [6, 6.07) is 9.46. The van der Waals surface area contributed by atoms with Crippen LogP contribution in [0.25, 0.3) is 10.9 Å². The fourth-order valence-corrected chi connectivity index (χ4v) is 5.17. The zero-order valence-electron chi connectivity index (χ0n) is 18.4. The largest absolute Gasteiger partial charge is 0.391 e. The number of rotatable bonds is 7. The Kier molecular flexibility index (Phi) is 6.59. The van der Waals surface area contributed by atoms with Crippen molar-refractivity contribution in [3.63, 3.8) is 0 Å². The molecule has 5 rings (SSSR count). The van der Waals surface area contributed by atoms with Crippen molar-refractivity contribution in [2.45, 2.75) is 24.2 Å². The number of aliphatic hydroxyl groups excluding tert-OH is 1. The molecule has 4 heterocycles. The van der Waals surface area contributed by atoms with Crippen LogP contribution < -0.4 is 16.2 Å². The minimum absolute atomic E-state index is 0.0301. The molecule has 0 bridgehead atoms. The van der Waals surface area contributed by atoms with Crippen molar-refractivity contribution in [3.8, 4) is 0 Å². The Bertz CT molecular complexity index is 1290. The number of anilines is 1. The molecule has 9 nitrogen and oxygen atoms in total. The number of pyridine rings is 1. The molecular formula is C23H25FN6O3S. The SMILES string of the molecule is O=C1CSc2nnc(CNC[C@H]3CN(CCn4c(=O)ccc5ccc(F)cc54)CC3O)cc2N1. The molecule has 1 aromatic carbocycles. The minimum Gasteiger partial charge on any atom is -0.391 e. The third-order valence-corrected chi connectivity index (χ3v) is 7.20. The molecule has 1 fully saturated rings. The summed E-state index contributed by atoms with van der Waals surface area (Å²) in [5.41, 5.74) is 1.81.